The predicted octanol–water partition coefficient (Wildman–Crippen LogP) is 2.08. The summed E-state index contributed by atoms with van der Waals surface area (Å²) >= 11 is 0. The number of piperazine rings is 1. The summed E-state index contributed by atoms with van der Waals surface area (Å²) in [6, 6.07) is 0. The highest BCUT2D eigenvalue weighted by atomic mass is 16.6. The number of likely N-dealkylation sites (N-methyl/N-ethyl adjacent to an activating group) is 1. The molecule has 4 aliphatic carbocycles. The molecule has 9 unspecified atom stereocenters. The quantitative estimate of drug-likeness (QED) is 0.427. The van der Waals surface area contributed by atoms with E-state index in [2.05, 4.69) is 12.2 Å². The number of nitrogens with one attached hydrogen (secondary N) is 1. The number of ether oxygens (including phenoxy) is 2. The summed E-state index contributed by atoms with van der Waals surface area (Å²) in [7, 11) is 1.93. The lowest BCUT2D eigenvalue weighted by atomic mass is 9.42. The normalized spacial score (nSPS) is 44.4. The van der Waals surface area contributed by atoms with E-state index in [1.165, 1.54) is 0 Å². The Morgan fingerprint density at radius 1 is 1.12 bits per heavy atom. The lowest BCUT2D eigenvalue weighted by Gasteiger charge is -2.65. The van der Waals surface area contributed by atoms with Crippen LogP contribution in [-0.4, -0.2) is 102 Å². The van der Waals surface area contributed by atoms with Gasteiger partial charge in [0.05, 0.1) is 18.2 Å². The van der Waals surface area contributed by atoms with Gasteiger partial charge >= 0.3 is 12.1 Å². The van der Waals surface area contributed by atoms with E-state index in [1.807, 2.05) is 18.9 Å². The molecule has 0 spiro atoms. The zero-order chi connectivity index (χ0) is 29.2. The van der Waals surface area contributed by atoms with Gasteiger partial charge in [0.2, 0.25) is 5.91 Å². The number of carbonyl (C=O) groups excluding carboxylic acids is 3. The van der Waals surface area contributed by atoms with E-state index in [-0.39, 0.29) is 47.8 Å². The van der Waals surface area contributed by atoms with Crippen LogP contribution in [0.25, 0.3) is 0 Å². The zero-order valence-electron chi connectivity index (χ0n) is 24.8. The largest absolute Gasteiger partial charge is 0.458 e. The first-order valence-electron chi connectivity index (χ1n) is 15.6. The van der Waals surface area contributed by atoms with Crippen LogP contribution in [0.3, 0.4) is 0 Å². The van der Waals surface area contributed by atoms with Crippen LogP contribution in [0.15, 0.2) is 11.6 Å². The molecule has 2 heterocycles. The van der Waals surface area contributed by atoms with Crippen molar-refractivity contribution < 1.29 is 34.1 Å². The molecule has 0 radical (unpaired) electrons. The minimum Gasteiger partial charge on any atom is -0.458 e. The van der Waals surface area contributed by atoms with Gasteiger partial charge in [0.15, 0.2) is 0 Å². The number of aliphatic hydroxyl groups is 2. The highest BCUT2D eigenvalue weighted by molar-refractivity contribution is 5.85. The summed E-state index contributed by atoms with van der Waals surface area (Å²) in [6.07, 6.45) is 6.67. The second-order valence-electron chi connectivity index (χ2n) is 14.2. The van der Waals surface area contributed by atoms with Gasteiger partial charge in [-0.25, -0.2) is 9.59 Å². The molecule has 2 amide bonds. The number of amides is 2. The van der Waals surface area contributed by atoms with Gasteiger partial charge in [-0.2, -0.15) is 0 Å². The van der Waals surface area contributed by atoms with Crippen molar-refractivity contribution in [3.63, 3.8) is 0 Å². The van der Waals surface area contributed by atoms with Gasteiger partial charge in [-0.05, 0) is 93.1 Å². The molecule has 0 aromatic rings. The van der Waals surface area contributed by atoms with Gasteiger partial charge in [-0.15, -0.1) is 0 Å². The third-order valence-corrected chi connectivity index (χ3v) is 12.5. The molecule has 10 nitrogen and oxygen atoms in total. The molecule has 228 valence electrons. The number of carbonyl (C=O) groups is 3. The molecule has 0 aromatic carbocycles. The van der Waals surface area contributed by atoms with Crippen LogP contribution < -0.4 is 5.32 Å². The lowest BCUT2D eigenvalue weighted by Crippen LogP contribution is -2.67. The molecule has 6 aliphatic rings. The Morgan fingerprint density at radius 3 is 2.66 bits per heavy atom. The van der Waals surface area contributed by atoms with Gasteiger partial charge in [-0.1, -0.05) is 13.8 Å². The number of hydrogen-bond donors (Lipinski definition) is 3. The molecule has 9 atom stereocenters. The van der Waals surface area contributed by atoms with Crippen molar-refractivity contribution in [3.8, 4) is 0 Å². The molecule has 1 saturated heterocycles. The van der Waals surface area contributed by atoms with Crippen molar-refractivity contribution in [2.75, 3.05) is 46.4 Å². The molecule has 10 heteroatoms. The Morgan fingerprint density at radius 2 is 1.93 bits per heavy atom. The molecule has 41 heavy (non-hydrogen) atoms. The minimum absolute atomic E-state index is 0.0388. The minimum atomic E-state index is -0.987. The van der Waals surface area contributed by atoms with Crippen molar-refractivity contribution in [1.29, 1.82) is 0 Å². The Labute approximate surface area is 242 Å². The SMILES string of the molecule is CN1CCN(CCNC(=O)OC2CCC3(C)C(CCC4C3CC(O)C3(C)C(C5=CC(=O)OC5)CCC43O)C2)C(=O)C1. The Balaban J connectivity index is 1.07. The molecular weight excluding hydrogens is 526 g/mol. The smallest absolute Gasteiger partial charge is 0.407 e. The second kappa shape index (κ2) is 10.5. The number of rotatable bonds is 5. The van der Waals surface area contributed by atoms with Crippen molar-refractivity contribution in [3.05, 3.63) is 11.6 Å². The van der Waals surface area contributed by atoms with Crippen molar-refractivity contribution in [1.82, 2.24) is 15.1 Å². The van der Waals surface area contributed by atoms with Crippen LogP contribution in [0, 0.1) is 34.5 Å². The molecule has 3 N–H and O–H groups in total. The monoisotopic (exact) mass is 573 g/mol. The molecule has 0 aromatic heterocycles. The summed E-state index contributed by atoms with van der Waals surface area (Å²) in [5, 5.41) is 26.9. The van der Waals surface area contributed by atoms with E-state index in [4.69, 9.17) is 9.47 Å². The molecule has 2 aliphatic heterocycles. The maximum atomic E-state index is 12.6. The van der Waals surface area contributed by atoms with Crippen LogP contribution in [0.2, 0.25) is 0 Å². The summed E-state index contributed by atoms with van der Waals surface area (Å²) in [5.41, 5.74) is -0.816. The first-order chi connectivity index (χ1) is 19.5. The van der Waals surface area contributed by atoms with Crippen molar-refractivity contribution in [2.24, 2.45) is 34.5 Å². The fourth-order valence-corrected chi connectivity index (χ4v) is 10.0. The van der Waals surface area contributed by atoms with Crippen LogP contribution in [0.1, 0.15) is 65.2 Å². The van der Waals surface area contributed by atoms with Crippen LogP contribution in [-0.2, 0) is 19.1 Å². The second-order valence-corrected chi connectivity index (χ2v) is 14.2. The highest BCUT2D eigenvalue weighted by Gasteiger charge is 2.70. The van der Waals surface area contributed by atoms with E-state index in [9.17, 15) is 24.6 Å². The predicted molar refractivity (Wildman–Crippen MR) is 149 cm³/mol. The van der Waals surface area contributed by atoms with Gasteiger partial charge in [0.25, 0.3) is 0 Å². The van der Waals surface area contributed by atoms with Crippen LogP contribution in [0.5, 0.6) is 0 Å². The van der Waals surface area contributed by atoms with E-state index < -0.39 is 23.2 Å². The van der Waals surface area contributed by atoms with Gasteiger partial charge in [-0.3, -0.25) is 9.69 Å². The first kappa shape index (κ1) is 28.9. The first-order valence-corrected chi connectivity index (χ1v) is 15.6. The molecule has 0 bridgehead atoms. The molecular formula is C31H47N3O7. The number of alkyl carbamates (subject to hydrolysis) is 1. The van der Waals surface area contributed by atoms with Gasteiger partial charge in [0.1, 0.15) is 12.7 Å². The Kier molecular flexibility index (Phi) is 7.42. The maximum absolute atomic E-state index is 12.6. The third kappa shape index (κ3) is 4.68. The number of cyclic esters (lactones) is 1. The maximum Gasteiger partial charge on any atom is 0.407 e. The standard InChI is InChI=1S/C31H47N3O7/c1-29-8-6-21(41-28(38)32-10-11-34-13-12-33(3)17-26(34)36)15-20(29)4-5-23-24(29)16-25(35)30(2)22(7-9-31(23,30)39)19-14-27(37)40-18-19/h14,20-25,35,39H,4-13,15-18H2,1-3H3,(H,32,38). The lowest BCUT2D eigenvalue weighted by molar-refractivity contribution is -0.244. The Hall–Kier alpha value is -2.17. The van der Waals surface area contributed by atoms with Crippen molar-refractivity contribution in [2.45, 2.75) is 83.0 Å². The fraction of sp³-hybridized carbons (Fsp3) is 0.839. The number of hydrogen-bond acceptors (Lipinski definition) is 8. The van der Waals surface area contributed by atoms with Crippen LogP contribution >= 0.6 is 0 Å². The van der Waals surface area contributed by atoms with Crippen LogP contribution in [0.4, 0.5) is 4.79 Å². The van der Waals surface area contributed by atoms with E-state index in [1.54, 1.807) is 11.0 Å². The molecule has 6 rings (SSSR count). The van der Waals surface area contributed by atoms with Gasteiger partial charge in [0, 0.05) is 37.7 Å². The number of aliphatic hydroxyl groups excluding tert-OH is 1. The molecule has 4 saturated carbocycles. The average molecular weight is 574 g/mol. The molecule has 5 fully saturated rings. The van der Waals surface area contributed by atoms with E-state index >= 15 is 0 Å². The topological polar surface area (TPSA) is 129 Å². The number of esters is 1. The third-order valence-electron chi connectivity index (χ3n) is 12.5. The summed E-state index contributed by atoms with van der Waals surface area (Å²) in [6.45, 7) is 7.41. The number of nitrogens with zero attached hydrogens (tertiary/aromatic N) is 2. The Bertz CT molecular complexity index is 1110. The van der Waals surface area contributed by atoms with Crippen molar-refractivity contribution >= 4 is 18.0 Å². The summed E-state index contributed by atoms with van der Waals surface area (Å²) < 4.78 is 11.1. The zero-order valence-corrected chi connectivity index (χ0v) is 24.8. The fourth-order valence-electron chi connectivity index (χ4n) is 10.0. The van der Waals surface area contributed by atoms with E-state index in [0.29, 0.717) is 44.9 Å². The highest BCUT2D eigenvalue weighted by Crippen LogP contribution is 2.70. The average Bonchev–Trinajstić information content (AvgIpc) is 3.47. The van der Waals surface area contributed by atoms with Gasteiger partial charge < -0.3 is 29.9 Å². The summed E-state index contributed by atoms with van der Waals surface area (Å²) in [4.78, 5) is 40.4. The summed E-state index contributed by atoms with van der Waals surface area (Å²) in [5.74, 6) is 0.352. The van der Waals surface area contributed by atoms with E-state index in [0.717, 1.165) is 50.6 Å². The number of fused-ring (bicyclic) bond motifs is 5.